The summed E-state index contributed by atoms with van der Waals surface area (Å²) in [6, 6.07) is 7.34. The van der Waals surface area contributed by atoms with Gasteiger partial charge in [-0.15, -0.1) is 0 Å². The third-order valence-electron chi connectivity index (χ3n) is 7.35. The number of likely N-dealkylation sites (tertiary alicyclic amines) is 1. The van der Waals surface area contributed by atoms with E-state index in [0.717, 1.165) is 37.4 Å². The number of ether oxygens (including phenoxy) is 2. The van der Waals surface area contributed by atoms with Crippen LogP contribution < -0.4 is 4.74 Å². The third kappa shape index (κ3) is 4.61. The Balaban J connectivity index is 1.39. The second kappa shape index (κ2) is 9.53. The molecule has 5 nitrogen and oxygen atoms in total. The van der Waals surface area contributed by atoms with Gasteiger partial charge < -0.3 is 19.7 Å². The van der Waals surface area contributed by atoms with Crippen molar-refractivity contribution in [3.63, 3.8) is 0 Å². The number of allylic oxidation sites excluding steroid dienone is 2. The van der Waals surface area contributed by atoms with Crippen LogP contribution in [0.4, 0.5) is 8.78 Å². The number of aromatic hydroxyl groups is 2. The SMILES string of the molecule is CCCN1CC(OC2=CCC([C@@H]3Oc4cc(O)ccc4C(C)C3c3cc(F)c(O)c(F)c3)C=C2)C1. The number of nitrogens with zero attached hydrogens (tertiary/aromatic N) is 1. The molecule has 2 aromatic rings. The average molecular weight is 484 g/mol. The first-order valence-corrected chi connectivity index (χ1v) is 12.3. The predicted molar refractivity (Wildman–Crippen MR) is 129 cm³/mol. The lowest BCUT2D eigenvalue weighted by Crippen LogP contribution is -2.52. The Bertz CT molecular complexity index is 1130. The maximum absolute atomic E-state index is 14.3. The lowest BCUT2D eigenvalue weighted by atomic mass is 9.72. The van der Waals surface area contributed by atoms with E-state index in [0.29, 0.717) is 17.7 Å². The molecule has 3 aliphatic rings. The minimum Gasteiger partial charge on any atom is -0.508 e. The van der Waals surface area contributed by atoms with Crippen LogP contribution in [0.15, 0.2) is 54.3 Å². The first-order valence-electron chi connectivity index (χ1n) is 12.3. The summed E-state index contributed by atoms with van der Waals surface area (Å²) in [5.74, 6) is -2.02. The number of phenolic OH excluding ortho intramolecular Hbond substituents is 2. The van der Waals surface area contributed by atoms with E-state index in [1.165, 1.54) is 12.1 Å². The van der Waals surface area contributed by atoms with Crippen LogP contribution in [0, 0.1) is 17.6 Å². The topological polar surface area (TPSA) is 62.2 Å². The molecule has 2 heterocycles. The smallest absolute Gasteiger partial charge is 0.187 e. The molecule has 35 heavy (non-hydrogen) atoms. The van der Waals surface area contributed by atoms with Gasteiger partial charge in [-0.05, 0) is 66.8 Å². The van der Waals surface area contributed by atoms with Crippen molar-refractivity contribution in [1.82, 2.24) is 4.90 Å². The Morgan fingerprint density at radius 1 is 1.11 bits per heavy atom. The number of hydrogen-bond acceptors (Lipinski definition) is 5. The Morgan fingerprint density at radius 2 is 1.86 bits per heavy atom. The van der Waals surface area contributed by atoms with E-state index in [1.54, 1.807) is 18.2 Å². The normalized spacial score (nSPS) is 26.5. The highest BCUT2D eigenvalue weighted by molar-refractivity contribution is 5.47. The molecule has 4 atom stereocenters. The molecular weight excluding hydrogens is 452 g/mol. The van der Waals surface area contributed by atoms with Crippen LogP contribution >= 0.6 is 0 Å². The van der Waals surface area contributed by atoms with Crippen molar-refractivity contribution >= 4 is 0 Å². The summed E-state index contributed by atoms with van der Waals surface area (Å²) in [5, 5.41) is 19.6. The largest absolute Gasteiger partial charge is 0.508 e. The van der Waals surface area contributed by atoms with E-state index in [4.69, 9.17) is 9.47 Å². The zero-order valence-corrected chi connectivity index (χ0v) is 20.0. The summed E-state index contributed by atoms with van der Waals surface area (Å²) in [7, 11) is 0. The van der Waals surface area contributed by atoms with E-state index in [-0.39, 0.29) is 29.6 Å². The molecule has 0 saturated carbocycles. The highest BCUT2D eigenvalue weighted by Crippen LogP contribution is 2.49. The summed E-state index contributed by atoms with van der Waals surface area (Å²) >= 11 is 0. The minimum absolute atomic E-state index is 0.0665. The maximum atomic E-state index is 14.3. The molecule has 0 spiro atoms. The number of hydrogen-bond donors (Lipinski definition) is 2. The lowest BCUT2D eigenvalue weighted by Gasteiger charge is -2.42. The molecule has 0 aromatic heterocycles. The quantitative estimate of drug-likeness (QED) is 0.561. The van der Waals surface area contributed by atoms with E-state index in [9.17, 15) is 19.0 Å². The summed E-state index contributed by atoms with van der Waals surface area (Å²) < 4.78 is 41.2. The molecule has 7 heteroatoms. The molecule has 0 amide bonds. The van der Waals surface area contributed by atoms with Gasteiger partial charge in [0.2, 0.25) is 0 Å². The van der Waals surface area contributed by atoms with E-state index >= 15 is 0 Å². The third-order valence-corrected chi connectivity index (χ3v) is 7.35. The average Bonchev–Trinajstić information content (AvgIpc) is 2.81. The second-order valence-electron chi connectivity index (χ2n) is 9.82. The lowest BCUT2D eigenvalue weighted by molar-refractivity contribution is -0.0181. The molecule has 0 radical (unpaired) electrons. The van der Waals surface area contributed by atoms with E-state index in [2.05, 4.69) is 11.8 Å². The van der Waals surface area contributed by atoms with Crippen molar-refractivity contribution in [2.75, 3.05) is 19.6 Å². The standard InChI is InChI=1S/C28H31F2NO4/c1-3-10-31-14-21(15-31)34-20-7-4-17(5-8-20)28-26(18-11-23(29)27(33)24(30)12-18)16(2)22-9-6-19(32)13-25(22)35-28/h4,6-9,11-13,16-17,21,26,28,32-33H,3,5,10,14-15H2,1-2H3/t16?,17?,26?,28-/m0/s1. The van der Waals surface area contributed by atoms with Gasteiger partial charge in [-0.1, -0.05) is 26.0 Å². The summed E-state index contributed by atoms with van der Waals surface area (Å²) in [6.07, 6.45) is 7.61. The van der Waals surface area contributed by atoms with Gasteiger partial charge in [0, 0.05) is 31.0 Å². The number of halogens is 2. The number of phenols is 2. The maximum Gasteiger partial charge on any atom is 0.187 e. The van der Waals surface area contributed by atoms with Crippen LogP contribution in [0.3, 0.4) is 0 Å². The fourth-order valence-corrected chi connectivity index (χ4v) is 5.55. The first-order chi connectivity index (χ1) is 16.8. The van der Waals surface area contributed by atoms with Crippen molar-refractivity contribution < 1.29 is 28.5 Å². The molecule has 0 bridgehead atoms. The van der Waals surface area contributed by atoms with Gasteiger partial charge in [0.25, 0.3) is 0 Å². The van der Waals surface area contributed by atoms with Crippen molar-refractivity contribution in [2.24, 2.45) is 5.92 Å². The zero-order valence-electron chi connectivity index (χ0n) is 20.0. The number of fused-ring (bicyclic) bond motifs is 1. The van der Waals surface area contributed by atoms with Crippen molar-refractivity contribution in [3.05, 3.63) is 77.1 Å². The minimum atomic E-state index is -0.991. The fourth-order valence-electron chi connectivity index (χ4n) is 5.55. The van der Waals surface area contributed by atoms with Gasteiger partial charge in [-0.2, -0.15) is 0 Å². The van der Waals surface area contributed by atoms with E-state index < -0.39 is 23.5 Å². The molecule has 1 aliphatic carbocycles. The molecular formula is C28H31F2NO4. The summed E-state index contributed by atoms with van der Waals surface area (Å²) in [5.41, 5.74) is 1.29. The molecule has 5 rings (SSSR count). The molecule has 2 aromatic carbocycles. The van der Waals surface area contributed by atoms with Crippen molar-refractivity contribution in [1.29, 1.82) is 0 Å². The molecule has 1 fully saturated rings. The number of benzene rings is 2. The van der Waals surface area contributed by atoms with Crippen LogP contribution in [0.25, 0.3) is 0 Å². The van der Waals surface area contributed by atoms with Gasteiger partial charge >= 0.3 is 0 Å². The molecule has 2 N–H and O–H groups in total. The van der Waals surface area contributed by atoms with Gasteiger partial charge in [0.15, 0.2) is 17.4 Å². The van der Waals surface area contributed by atoms with Crippen LogP contribution in [0.2, 0.25) is 0 Å². The van der Waals surface area contributed by atoms with Crippen LogP contribution in [0.5, 0.6) is 17.2 Å². The highest BCUT2D eigenvalue weighted by atomic mass is 19.1. The van der Waals surface area contributed by atoms with Crippen LogP contribution in [-0.4, -0.2) is 47.0 Å². The van der Waals surface area contributed by atoms with Crippen molar-refractivity contribution in [2.45, 2.75) is 50.7 Å². The second-order valence-corrected chi connectivity index (χ2v) is 9.82. The Morgan fingerprint density at radius 3 is 2.51 bits per heavy atom. The fraction of sp³-hybridized carbons (Fsp3) is 0.429. The van der Waals surface area contributed by atoms with Gasteiger partial charge in [-0.25, -0.2) is 8.78 Å². The highest BCUT2D eigenvalue weighted by Gasteiger charge is 2.41. The molecule has 3 unspecified atom stereocenters. The van der Waals surface area contributed by atoms with Crippen molar-refractivity contribution in [3.8, 4) is 17.2 Å². The molecule has 186 valence electrons. The Kier molecular flexibility index (Phi) is 6.45. The van der Waals surface area contributed by atoms with Crippen LogP contribution in [0.1, 0.15) is 49.7 Å². The van der Waals surface area contributed by atoms with Gasteiger partial charge in [0.1, 0.15) is 29.5 Å². The predicted octanol–water partition coefficient (Wildman–Crippen LogP) is 5.60. The van der Waals surface area contributed by atoms with Crippen LogP contribution in [-0.2, 0) is 4.74 Å². The zero-order chi connectivity index (χ0) is 24.7. The number of rotatable bonds is 6. The monoisotopic (exact) mass is 483 g/mol. The van der Waals surface area contributed by atoms with E-state index in [1.807, 2.05) is 25.2 Å². The Hall–Kier alpha value is -3.06. The molecule has 1 saturated heterocycles. The Labute approximate surface area is 204 Å². The summed E-state index contributed by atoms with van der Waals surface area (Å²) in [6.45, 7) is 7.13. The summed E-state index contributed by atoms with van der Waals surface area (Å²) in [4.78, 5) is 2.37. The molecule has 2 aliphatic heterocycles. The van der Waals surface area contributed by atoms with Gasteiger partial charge in [-0.3, -0.25) is 4.90 Å². The van der Waals surface area contributed by atoms with Gasteiger partial charge in [0.05, 0.1) is 0 Å². The first kappa shape index (κ1) is 23.7.